The van der Waals surface area contributed by atoms with Crippen LogP contribution in [0.4, 0.5) is 0 Å². The molecule has 0 radical (unpaired) electrons. The van der Waals surface area contributed by atoms with Gasteiger partial charge in [0.25, 0.3) is 0 Å². The van der Waals surface area contributed by atoms with Crippen molar-refractivity contribution in [3.63, 3.8) is 0 Å². The topological polar surface area (TPSA) is 119 Å². The SMILES string of the molecule is N.O=C(OP(=O)(O)O)c1ccccc1. The Labute approximate surface area is 80.3 Å². The van der Waals surface area contributed by atoms with E-state index in [1.54, 1.807) is 18.2 Å². The fourth-order valence-corrected chi connectivity index (χ4v) is 1.06. The molecule has 0 atom stereocenters. The van der Waals surface area contributed by atoms with Gasteiger partial charge in [0.05, 0.1) is 5.56 Å². The highest BCUT2D eigenvalue weighted by molar-refractivity contribution is 7.46. The first-order valence-corrected chi connectivity index (χ1v) is 4.86. The van der Waals surface area contributed by atoms with Crippen LogP contribution in [0, 0.1) is 0 Å². The normalized spacial score (nSPS) is 10.1. The summed E-state index contributed by atoms with van der Waals surface area (Å²) >= 11 is 0. The van der Waals surface area contributed by atoms with Crippen molar-refractivity contribution in [2.75, 3.05) is 0 Å². The average molecular weight is 219 g/mol. The number of hydrogen-bond acceptors (Lipinski definition) is 4. The Bertz CT molecular complexity index is 346. The largest absolute Gasteiger partial charge is 0.527 e. The van der Waals surface area contributed by atoms with E-state index in [4.69, 9.17) is 9.79 Å². The molecule has 1 rings (SSSR count). The number of rotatable bonds is 2. The fraction of sp³-hybridized carbons (Fsp3) is 0. The van der Waals surface area contributed by atoms with Crippen molar-refractivity contribution in [3.8, 4) is 0 Å². The molecule has 6 nitrogen and oxygen atoms in total. The maximum absolute atomic E-state index is 10.9. The van der Waals surface area contributed by atoms with E-state index >= 15 is 0 Å². The lowest BCUT2D eigenvalue weighted by Gasteiger charge is -2.03. The second-order valence-electron chi connectivity index (χ2n) is 2.24. The number of benzene rings is 1. The molecule has 0 unspecified atom stereocenters. The summed E-state index contributed by atoms with van der Waals surface area (Å²) in [6, 6.07) is 7.61. The van der Waals surface area contributed by atoms with Gasteiger partial charge in [0, 0.05) is 0 Å². The summed E-state index contributed by atoms with van der Waals surface area (Å²) in [5.41, 5.74) is 0.103. The average Bonchev–Trinajstić information content (AvgIpc) is 2.03. The highest BCUT2D eigenvalue weighted by atomic mass is 31.2. The molecular weight excluding hydrogens is 209 g/mol. The molecular formula is C7H10NO5P. The molecule has 7 heteroatoms. The van der Waals surface area contributed by atoms with Crippen LogP contribution in [-0.2, 0) is 9.09 Å². The second-order valence-corrected chi connectivity index (χ2v) is 3.40. The molecule has 0 aromatic heterocycles. The van der Waals surface area contributed by atoms with Crippen LogP contribution in [0.5, 0.6) is 0 Å². The van der Waals surface area contributed by atoms with E-state index < -0.39 is 13.8 Å². The molecule has 0 spiro atoms. The lowest BCUT2D eigenvalue weighted by Crippen LogP contribution is -2.02. The van der Waals surface area contributed by atoms with E-state index in [0.717, 1.165) is 0 Å². The Morgan fingerprint density at radius 1 is 1.21 bits per heavy atom. The van der Waals surface area contributed by atoms with Gasteiger partial charge in [-0.15, -0.1) is 0 Å². The first kappa shape index (κ1) is 12.8. The van der Waals surface area contributed by atoms with Gasteiger partial charge in [-0.05, 0) is 12.1 Å². The Hall–Kier alpha value is -1.20. The van der Waals surface area contributed by atoms with Gasteiger partial charge in [-0.25, -0.2) is 9.36 Å². The lowest BCUT2D eigenvalue weighted by atomic mass is 10.2. The number of phosphoric ester groups is 1. The standard InChI is InChI=1S/C7H7O5P.H3N/c8-7(12-13(9,10)11)6-4-2-1-3-5-6;/h1-5H,(H2,9,10,11);1H3. The van der Waals surface area contributed by atoms with Crippen molar-refractivity contribution in [1.29, 1.82) is 0 Å². The third-order valence-corrected chi connectivity index (χ3v) is 1.61. The van der Waals surface area contributed by atoms with Crippen molar-refractivity contribution in [3.05, 3.63) is 35.9 Å². The zero-order valence-electron chi connectivity index (χ0n) is 7.16. The van der Waals surface area contributed by atoms with Crippen LogP contribution in [-0.4, -0.2) is 15.8 Å². The predicted octanol–water partition coefficient (Wildman–Crippen LogP) is 1.10. The van der Waals surface area contributed by atoms with Gasteiger partial charge in [0.2, 0.25) is 0 Å². The van der Waals surface area contributed by atoms with Crippen LogP contribution in [0.25, 0.3) is 0 Å². The first-order valence-electron chi connectivity index (χ1n) is 3.33. The van der Waals surface area contributed by atoms with E-state index in [2.05, 4.69) is 4.52 Å². The van der Waals surface area contributed by atoms with Gasteiger partial charge in [-0.2, -0.15) is 0 Å². The maximum Gasteiger partial charge on any atom is 0.527 e. The minimum atomic E-state index is -4.74. The summed E-state index contributed by atoms with van der Waals surface area (Å²) in [7, 11) is -4.74. The van der Waals surface area contributed by atoms with Gasteiger partial charge in [-0.1, -0.05) is 18.2 Å². The van der Waals surface area contributed by atoms with Crippen molar-refractivity contribution in [1.82, 2.24) is 6.15 Å². The molecule has 14 heavy (non-hydrogen) atoms. The zero-order chi connectivity index (χ0) is 9.90. The van der Waals surface area contributed by atoms with Crippen LogP contribution >= 0.6 is 7.82 Å². The Morgan fingerprint density at radius 3 is 2.14 bits per heavy atom. The summed E-state index contributed by atoms with van der Waals surface area (Å²) in [5, 5.41) is 0. The minimum absolute atomic E-state index is 0. The van der Waals surface area contributed by atoms with Crippen molar-refractivity contribution >= 4 is 13.8 Å². The Morgan fingerprint density at radius 2 is 1.71 bits per heavy atom. The van der Waals surface area contributed by atoms with Crippen LogP contribution in [0.2, 0.25) is 0 Å². The predicted molar refractivity (Wildman–Crippen MR) is 48.9 cm³/mol. The van der Waals surface area contributed by atoms with Gasteiger partial charge in [0.15, 0.2) is 0 Å². The molecule has 5 N–H and O–H groups in total. The second kappa shape index (κ2) is 4.88. The quantitative estimate of drug-likeness (QED) is 0.640. The van der Waals surface area contributed by atoms with E-state index in [-0.39, 0.29) is 11.7 Å². The number of carbonyl (C=O) groups excluding carboxylic acids is 1. The monoisotopic (exact) mass is 219 g/mol. The third kappa shape index (κ3) is 4.15. The van der Waals surface area contributed by atoms with E-state index in [1.807, 2.05) is 0 Å². The fourth-order valence-electron chi connectivity index (χ4n) is 0.735. The van der Waals surface area contributed by atoms with Gasteiger partial charge >= 0.3 is 13.8 Å². The van der Waals surface area contributed by atoms with Crippen LogP contribution < -0.4 is 6.15 Å². The molecule has 0 saturated carbocycles. The smallest absolute Gasteiger partial charge is 0.367 e. The number of hydrogen-bond donors (Lipinski definition) is 3. The molecule has 0 aliphatic heterocycles. The zero-order valence-corrected chi connectivity index (χ0v) is 8.05. The molecule has 1 aromatic carbocycles. The lowest BCUT2D eigenvalue weighted by molar-refractivity contribution is 0.0678. The summed E-state index contributed by atoms with van der Waals surface area (Å²) in [5.74, 6) is -1.03. The molecule has 1 aromatic rings. The van der Waals surface area contributed by atoms with Crippen LogP contribution in [0.3, 0.4) is 0 Å². The number of carbonyl (C=O) groups is 1. The molecule has 0 heterocycles. The Kier molecular flexibility index (Phi) is 4.46. The summed E-state index contributed by atoms with van der Waals surface area (Å²) in [6.45, 7) is 0. The van der Waals surface area contributed by atoms with E-state index in [0.29, 0.717) is 0 Å². The molecule has 0 fully saturated rings. The molecule has 0 aliphatic carbocycles. The minimum Gasteiger partial charge on any atom is -0.367 e. The maximum atomic E-state index is 10.9. The molecule has 0 aliphatic rings. The third-order valence-electron chi connectivity index (χ3n) is 1.21. The molecule has 0 saturated heterocycles. The highest BCUT2D eigenvalue weighted by Gasteiger charge is 2.21. The molecule has 78 valence electrons. The van der Waals surface area contributed by atoms with Gasteiger partial charge in [0.1, 0.15) is 0 Å². The van der Waals surface area contributed by atoms with Gasteiger partial charge < -0.3 is 10.7 Å². The highest BCUT2D eigenvalue weighted by Crippen LogP contribution is 2.36. The molecule has 0 bridgehead atoms. The van der Waals surface area contributed by atoms with Crippen LogP contribution in [0.1, 0.15) is 10.4 Å². The van der Waals surface area contributed by atoms with Gasteiger partial charge in [-0.3, -0.25) is 9.79 Å². The Balaban J connectivity index is 0.00000169. The number of phosphoric acid groups is 1. The van der Waals surface area contributed by atoms with Crippen molar-refractivity contribution in [2.24, 2.45) is 0 Å². The first-order chi connectivity index (χ1) is 5.99. The summed E-state index contributed by atoms with van der Waals surface area (Å²) < 4.78 is 14.1. The van der Waals surface area contributed by atoms with E-state index in [1.165, 1.54) is 12.1 Å². The summed E-state index contributed by atoms with van der Waals surface area (Å²) in [6.07, 6.45) is 0. The molecule has 0 amide bonds. The van der Waals surface area contributed by atoms with E-state index in [9.17, 15) is 9.36 Å². The van der Waals surface area contributed by atoms with Crippen LogP contribution in [0.15, 0.2) is 30.3 Å². The van der Waals surface area contributed by atoms with Crippen molar-refractivity contribution < 1.29 is 23.7 Å². The summed E-state index contributed by atoms with van der Waals surface area (Å²) in [4.78, 5) is 27.6. The van der Waals surface area contributed by atoms with Crippen molar-refractivity contribution in [2.45, 2.75) is 0 Å².